The SMILES string of the molecule is CCCc1nc2cccnc2n1C1CCN(Cc2cnn(C)c2)CC1. The van der Waals surface area contributed by atoms with Crippen LogP contribution in [0.15, 0.2) is 30.7 Å². The molecular formula is C19H26N6. The zero-order valence-corrected chi connectivity index (χ0v) is 15.1. The van der Waals surface area contributed by atoms with Crippen LogP contribution in [0.4, 0.5) is 0 Å². The Morgan fingerprint density at radius 1 is 1.24 bits per heavy atom. The van der Waals surface area contributed by atoms with E-state index in [9.17, 15) is 0 Å². The Hall–Kier alpha value is -2.21. The van der Waals surface area contributed by atoms with E-state index in [0.29, 0.717) is 6.04 Å². The molecule has 4 rings (SSSR count). The molecule has 0 atom stereocenters. The van der Waals surface area contributed by atoms with Crippen LogP contribution in [0.25, 0.3) is 11.2 Å². The average Bonchev–Trinajstić information content (AvgIpc) is 3.19. The van der Waals surface area contributed by atoms with Crippen LogP contribution >= 0.6 is 0 Å². The maximum Gasteiger partial charge on any atom is 0.160 e. The van der Waals surface area contributed by atoms with Gasteiger partial charge in [-0.05, 0) is 31.4 Å². The molecular weight excluding hydrogens is 312 g/mol. The largest absolute Gasteiger partial charge is 0.309 e. The monoisotopic (exact) mass is 338 g/mol. The Labute approximate surface area is 148 Å². The molecule has 3 aromatic heterocycles. The fourth-order valence-corrected chi connectivity index (χ4v) is 3.91. The van der Waals surface area contributed by atoms with E-state index in [-0.39, 0.29) is 0 Å². The van der Waals surface area contributed by atoms with Crippen molar-refractivity contribution in [1.29, 1.82) is 0 Å². The number of hydrogen-bond donors (Lipinski definition) is 0. The van der Waals surface area contributed by atoms with Crippen molar-refractivity contribution in [2.75, 3.05) is 13.1 Å². The van der Waals surface area contributed by atoms with E-state index < -0.39 is 0 Å². The normalized spacial score (nSPS) is 16.7. The van der Waals surface area contributed by atoms with Crippen LogP contribution in [-0.4, -0.2) is 42.3 Å². The first-order chi connectivity index (χ1) is 12.2. The lowest BCUT2D eigenvalue weighted by Crippen LogP contribution is -2.34. The highest BCUT2D eigenvalue weighted by atomic mass is 15.2. The summed E-state index contributed by atoms with van der Waals surface area (Å²) in [5, 5.41) is 4.27. The zero-order valence-electron chi connectivity index (χ0n) is 15.1. The lowest BCUT2D eigenvalue weighted by Gasteiger charge is -2.33. The van der Waals surface area contributed by atoms with E-state index in [0.717, 1.165) is 56.5 Å². The molecule has 25 heavy (non-hydrogen) atoms. The second-order valence-corrected chi connectivity index (χ2v) is 7.02. The first-order valence-electron chi connectivity index (χ1n) is 9.26. The molecule has 0 amide bonds. The molecule has 0 unspecified atom stereocenters. The number of rotatable bonds is 5. The molecule has 0 N–H and O–H groups in total. The number of nitrogens with zero attached hydrogens (tertiary/aromatic N) is 6. The standard InChI is InChI=1S/C19H26N6/c1-3-5-18-22-17-6-4-9-20-19(17)25(18)16-7-10-24(11-8-16)14-15-12-21-23(2)13-15/h4,6,9,12-13,16H,3,5,7-8,10-11,14H2,1-2H3. The molecule has 0 saturated carbocycles. The highest BCUT2D eigenvalue weighted by Gasteiger charge is 2.25. The maximum atomic E-state index is 4.84. The summed E-state index contributed by atoms with van der Waals surface area (Å²) in [5.41, 5.74) is 3.38. The second-order valence-electron chi connectivity index (χ2n) is 7.02. The first kappa shape index (κ1) is 16.3. The molecule has 6 nitrogen and oxygen atoms in total. The van der Waals surface area contributed by atoms with Crippen molar-refractivity contribution in [2.24, 2.45) is 7.05 Å². The molecule has 0 aliphatic carbocycles. The van der Waals surface area contributed by atoms with E-state index in [2.05, 4.69) is 38.7 Å². The molecule has 0 radical (unpaired) electrons. The van der Waals surface area contributed by atoms with Crippen molar-refractivity contribution in [2.45, 2.75) is 45.2 Å². The van der Waals surface area contributed by atoms with Gasteiger partial charge in [-0.3, -0.25) is 9.58 Å². The van der Waals surface area contributed by atoms with E-state index in [1.165, 1.54) is 11.4 Å². The van der Waals surface area contributed by atoms with Gasteiger partial charge >= 0.3 is 0 Å². The van der Waals surface area contributed by atoms with Crippen LogP contribution in [0.1, 0.15) is 43.6 Å². The molecule has 6 heteroatoms. The number of aryl methyl sites for hydroxylation is 2. The van der Waals surface area contributed by atoms with Gasteiger partial charge in [0, 0.05) is 57.1 Å². The summed E-state index contributed by atoms with van der Waals surface area (Å²) < 4.78 is 4.29. The number of pyridine rings is 1. The third-order valence-electron chi connectivity index (χ3n) is 5.08. The van der Waals surface area contributed by atoms with Gasteiger partial charge < -0.3 is 4.57 Å². The predicted octanol–water partition coefficient (Wildman–Crippen LogP) is 2.95. The third-order valence-corrected chi connectivity index (χ3v) is 5.08. The number of piperidine rings is 1. The number of imidazole rings is 1. The Bertz CT molecular complexity index is 841. The maximum absolute atomic E-state index is 4.84. The molecule has 1 aliphatic rings. The lowest BCUT2D eigenvalue weighted by molar-refractivity contribution is 0.179. The fraction of sp³-hybridized carbons (Fsp3) is 0.526. The van der Waals surface area contributed by atoms with E-state index in [1.54, 1.807) is 0 Å². The molecule has 4 heterocycles. The Balaban J connectivity index is 1.50. The van der Waals surface area contributed by atoms with Gasteiger partial charge in [0.1, 0.15) is 11.3 Å². The zero-order chi connectivity index (χ0) is 17.2. The number of hydrogen-bond acceptors (Lipinski definition) is 4. The second kappa shape index (κ2) is 6.96. The van der Waals surface area contributed by atoms with Gasteiger partial charge in [-0.1, -0.05) is 6.92 Å². The van der Waals surface area contributed by atoms with Gasteiger partial charge in [-0.15, -0.1) is 0 Å². The predicted molar refractivity (Wildman–Crippen MR) is 98.3 cm³/mol. The van der Waals surface area contributed by atoms with E-state index >= 15 is 0 Å². The molecule has 1 fully saturated rings. The summed E-state index contributed by atoms with van der Waals surface area (Å²) in [4.78, 5) is 12.0. The Morgan fingerprint density at radius 3 is 2.80 bits per heavy atom. The summed E-state index contributed by atoms with van der Waals surface area (Å²) in [5.74, 6) is 1.20. The highest BCUT2D eigenvalue weighted by Crippen LogP contribution is 2.29. The van der Waals surface area contributed by atoms with Gasteiger partial charge in [0.25, 0.3) is 0 Å². The minimum absolute atomic E-state index is 0.506. The summed E-state index contributed by atoms with van der Waals surface area (Å²) in [6, 6.07) is 4.56. The minimum atomic E-state index is 0.506. The van der Waals surface area contributed by atoms with Gasteiger partial charge in [-0.2, -0.15) is 5.10 Å². The minimum Gasteiger partial charge on any atom is -0.309 e. The quantitative estimate of drug-likeness (QED) is 0.718. The summed E-state index contributed by atoms with van der Waals surface area (Å²) >= 11 is 0. The number of fused-ring (bicyclic) bond motifs is 1. The number of likely N-dealkylation sites (tertiary alicyclic amines) is 1. The van der Waals surface area contributed by atoms with Crippen molar-refractivity contribution in [3.8, 4) is 0 Å². The lowest BCUT2D eigenvalue weighted by atomic mass is 10.0. The van der Waals surface area contributed by atoms with Gasteiger partial charge in [-0.25, -0.2) is 9.97 Å². The van der Waals surface area contributed by atoms with Crippen LogP contribution in [0, 0.1) is 0 Å². The molecule has 0 bridgehead atoms. The molecule has 3 aromatic rings. The summed E-state index contributed by atoms with van der Waals surface area (Å²) in [7, 11) is 1.97. The Morgan fingerprint density at radius 2 is 2.08 bits per heavy atom. The van der Waals surface area contributed by atoms with Crippen molar-refractivity contribution in [3.63, 3.8) is 0 Å². The molecule has 1 saturated heterocycles. The molecule has 0 spiro atoms. The van der Waals surface area contributed by atoms with Gasteiger partial charge in [0.15, 0.2) is 5.65 Å². The smallest absolute Gasteiger partial charge is 0.160 e. The van der Waals surface area contributed by atoms with Crippen LogP contribution in [-0.2, 0) is 20.0 Å². The van der Waals surface area contributed by atoms with Crippen LogP contribution in [0.5, 0.6) is 0 Å². The van der Waals surface area contributed by atoms with E-state index in [4.69, 9.17) is 4.98 Å². The fourth-order valence-electron chi connectivity index (χ4n) is 3.91. The first-order valence-corrected chi connectivity index (χ1v) is 9.26. The number of aromatic nitrogens is 5. The van der Waals surface area contributed by atoms with Gasteiger partial charge in [0.05, 0.1) is 6.20 Å². The molecule has 0 aromatic carbocycles. The van der Waals surface area contributed by atoms with Crippen LogP contribution < -0.4 is 0 Å². The van der Waals surface area contributed by atoms with Crippen LogP contribution in [0.3, 0.4) is 0 Å². The van der Waals surface area contributed by atoms with Crippen molar-refractivity contribution < 1.29 is 0 Å². The van der Waals surface area contributed by atoms with Crippen LogP contribution in [0.2, 0.25) is 0 Å². The highest BCUT2D eigenvalue weighted by molar-refractivity contribution is 5.71. The van der Waals surface area contributed by atoms with Gasteiger partial charge in [0.2, 0.25) is 0 Å². The summed E-state index contributed by atoms with van der Waals surface area (Å²) in [6.45, 7) is 5.42. The van der Waals surface area contributed by atoms with Crippen molar-refractivity contribution in [3.05, 3.63) is 42.1 Å². The van der Waals surface area contributed by atoms with Crippen molar-refractivity contribution in [1.82, 2.24) is 29.2 Å². The summed E-state index contributed by atoms with van der Waals surface area (Å²) in [6.07, 6.45) is 10.4. The average molecular weight is 338 g/mol. The van der Waals surface area contributed by atoms with E-state index in [1.807, 2.05) is 30.2 Å². The third kappa shape index (κ3) is 3.31. The topological polar surface area (TPSA) is 51.8 Å². The van der Waals surface area contributed by atoms with Crippen molar-refractivity contribution >= 4 is 11.2 Å². The molecule has 132 valence electrons. The molecule has 1 aliphatic heterocycles. The Kier molecular flexibility index (Phi) is 4.53.